The largest absolute Gasteiger partial charge is 0.327 e. The highest BCUT2D eigenvalue weighted by Gasteiger charge is 2.41. The van der Waals surface area contributed by atoms with Gasteiger partial charge in [0.2, 0.25) is 5.91 Å². The highest BCUT2D eigenvalue weighted by Crippen LogP contribution is 2.40. The van der Waals surface area contributed by atoms with Crippen LogP contribution in [-0.2, 0) is 16.9 Å². The first-order valence-corrected chi connectivity index (χ1v) is 9.17. The Balaban J connectivity index is 2.28. The third-order valence-corrected chi connectivity index (χ3v) is 5.34. The van der Waals surface area contributed by atoms with Crippen LogP contribution in [0.15, 0.2) is 12.1 Å². The van der Waals surface area contributed by atoms with Crippen LogP contribution in [0.4, 0.5) is 8.78 Å². The molecule has 7 heteroatoms. The van der Waals surface area contributed by atoms with Gasteiger partial charge in [0.05, 0.1) is 17.8 Å². The topological polar surface area (TPSA) is 64.2 Å². The summed E-state index contributed by atoms with van der Waals surface area (Å²) in [6, 6.07) is 2.69. The summed E-state index contributed by atoms with van der Waals surface area (Å²) in [6.07, 6.45) is 0. The van der Waals surface area contributed by atoms with Crippen LogP contribution in [0.5, 0.6) is 0 Å². The van der Waals surface area contributed by atoms with Gasteiger partial charge in [0.15, 0.2) is 11.6 Å². The van der Waals surface area contributed by atoms with Crippen molar-refractivity contribution >= 4 is 5.91 Å². The van der Waals surface area contributed by atoms with E-state index in [0.29, 0.717) is 30.2 Å². The number of carbonyl (C=O) groups is 1. The predicted molar refractivity (Wildman–Crippen MR) is 100 cm³/mol. The maximum Gasteiger partial charge on any atom is 0.237 e. The first-order valence-electron chi connectivity index (χ1n) is 9.17. The smallest absolute Gasteiger partial charge is 0.237 e. The van der Waals surface area contributed by atoms with E-state index < -0.39 is 17.2 Å². The molecule has 1 aliphatic heterocycles. The van der Waals surface area contributed by atoms with E-state index in [0.717, 1.165) is 11.8 Å². The number of nitrogens with two attached hydrogens (primary N) is 1. The minimum absolute atomic E-state index is 0.0517. The lowest BCUT2D eigenvalue weighted by atomic mass is 9.97. The molecule has 0 unspecified atom stereocenters. The number of nitrogens with zero attached hydrogens (tertiary/aromatic N) is 3. The molecule has 5 nitrogen and oxygen atoms in total. The highest BCUT2D eigenvalue weighted by molar-refractivity contribution is 5.79. The molecule has 27 heavy (non-hydrogen) atoms. The standard InChI is InChI=1S/C20H26F2N4O/c1-11(2)18-17(15-12(3)6-7-13(21)16(15)22)24-19-20(4,5)26(14(27)10-23)9-8-25(18)19/h6-7,11H,8-10,23H2,1-5H3. The second kappa shape index (κ2) is 6.71. The minimum Gasteiger partial charge on any atom is -0.327 e. The number of hydrogen-bond donors (Lipinski definition) is 1. The third-order valence-electron chi connectivity index (χ3n) is 5.34. The van der Waals surface area contributed by atoms with Gasteiger partial charge in [0, 0.05) is 24.3 Å². The van der Waals surface area contributed by atoms with E-state index in [2.05, 4.69) is 0 Å². The van der Waals surface area contributed by atoms with Gasteiger partial charge in [-0.3, -0.25) is 4.79 Å². The molecule has 0 saturated carbocycles. The van der Waals surface area contributed by atoms with Crippen LogP contribution in [0.25, 0.3) is 11.3 Å². The maximum atomic E-state index is 14.7. The molecular weight excluding hydrogens is 350 g/mol. The summed E-state index contributed by atoms with van der Waals surface area (Å²) in [5.74, 6) is -1.22. The van der Waals surface area contributed by atoms with Crippen LogP contribution in [-0.4, -0.2) is 33.4 Å². The Hall–Kier alpha value is -2.28. The van der Waals surface area contributed by atoms with E-state index in [4.69, 9.17) is 10.7 Å². The summed E-state index contributed by atoms with van der Waals surface area (Å²) in [7, 11) is 0. The predicted octanol–water partition coefficient (Wildman–Crippen LogP) is 3.30. The monoisotopic (exact) mass is 376 g/mol. The van der Waals surface area contributed by atoms with Crippen molar-refractivity contribution in [3.63, 3.8) is 0 Å². The number of rotatable bonds is 3. The summed E-state index contributed by atoms with van der Waals surface area (Å²) in [4.78, 5) is 18.7. The number of imidazole rings is 1. The molecule has 3 rings (SSSR count). The fraction of sp³-hybridized carbons (Fsp3) is 0.500. The molecule has 1 aromatic carbocycles. The van der Waals surface area contributed by atoms with Crippen molar-refractivity contribution in [3.8, 4) is 11.3 Å². The molecule has 2 heterocycles. The first kappa shape index (κ1) is 19.5. The number of aromatic nitrogens is 2. The number of halogens is 2. The van der Waals surface area contributed by atoms with Crippen molar-refractivity contribution in [1.29, 1.82) is 0 Å². The molecule has 1 amide bonds. The van der Waals surface area contributed by atoms with E-state index >= 15 is 0 Å². The van der Waals surface area contributed by atoms with Crippen molar-refractivity contribution in [3.05, 3.63) is 40.8 Å². The van der Waals surface area contributed by atoms with Gasteiger partial charge in [0.1, 0.15) is 5.82 Å². The van der Waals surface area contributed by atoms with Gasteiger partial charge in [-0.05, 0) is 38.3 Å². The molecule has 0 spiro atoms. The third kappa shape index (κ3) is 2.94. The Kier molecular flexibility index (Phi) is 4.84. The Bertz CT molecular complexity index is 902. The Morgan fingerprint density at radius 2 is 1.96 bits per heavy atom. The lowest BCUT2D eigenvalue weighted by Crippen LogP contribution is -2.53. The zero-order chi connectivity index (χ0) is 20.1. The van der Waals surface area contributed by atoms with E-state index in [9.17, 15) is 13.6 Å². The maximum absolute atomic E-state index is 14.7. The van der Waals surface area contributed by atoms with Gasteiger partial charge in [-0.15, -0.1) is 0 Å². The van der Waals surface area contributed by atoms with Crippen LogP contribution >= 0.6 is 0 Å². The molecule has 0 atom stereocenters. The summed E-state index contributed by atoms with van der Waals surface area (Å²) >= 11 is 0. The molecule has 2 aromatic rings. The SMILES string of the molecule is Cc1ccc(F)c(F)c1-c1nc2n(c1C(C)C)CCN(C(=O)CN)C2(C)C. The van der Waals surface area contributed by atoms with E-state index in [1.165, 1.54) is 0 Å². The van der Waals surface area contributed by atoms with Gasteiger partial charge in [-0.2, -0.15) is 0 Å². The van der Waals surface area contributed by atoms with Crippen molar-refractivity contribution in [1.82, 2.24) is 14.5 Å². The van der Waals surface area contributed by atoms with Crippen LogP contribution in [0, 0.1) is 18.6 Å². The summed E-state index contributed by atoms with van der Waals surface area (Å²) in [5, 5.41) is 0. The average Bonchev–Trinajstić information content (AvgIpc) is 2.99. The normalized spacial score (nSPS) is 16.0. The molecule has 1 aliphatic rings. The Morgan fingerprint density at radius 1 is 1.30 bits per heavy atom. The van der Waals surface area contributed by atoms with Crippen LogP contribution < -0.4 is 5.73 Å². The molecule has 0 saturated heterocycles. The van der Waals surface area contributed by atoms with Crippen molar-refractivity contribution in [2.75, 3.05) is 13.1 Å². The van der Waals surface area contributed by atoms with Crippen LogP contribution in [0.2, 0.25) is 0 Å². The first-order chi connectivity index (χ1) is 12.6. The highest BCUT2D eigenvalue weighted by atomic mass is 19.2. The number of amides is 1. The summed E-state index contributed by atoms with van der Waals surface area (Å²) in [6.45, 7) is 10.5. The minimum atomic E-state index is -0.893. The number of hydrogen-bond acceptors (Lipinski definition) is 3. The van der Waals surface area contributed by atoms with Gasteiger partial charge in [-0.1, -0.05) is 19.9 Å². The summed E-state index contributed by atoms with van der Waals surface area (Å²) in [5.41, 5.74) is 6.98. The van der Waals surface area contributed by atoms with Gasteiger partial charge >= 0.3 is 0 Å². The van der Waals surface area contributed by atoms with Crippen LogP contribution in [0.1, 0.15) is 50.7 Å². The fourth-order valence-corrected chi connectivity index (χ4v) is 4.01. The lowest BCUT2D eigenvalue weighted by Gasteiger charge is -2.42. The van der Waals surface area contributed by atoms with Gasteiger partial charge < -0.3 is 15.2 Å². The second-order valence-corrected chi connectivity index (χ2v) is 7.84. The van der Waals surface area contributed by atoms with Crippen molar-refractivity contribution in [2.45, 2.75) is 52.6 Å². The van der Waals surface area contributed by atoms with Gasteiger partial charge in [0.25, 0.3) is 0 Å². The van der Waals surface area contributed by atoms with Crippen molar-refractivity contribution < 1.29 is 13.6 Å². The number of aryl methyl sites for hydroxylation is 1. The lowest BCUT2D eigenvalue weighted by molar-refractivity contribution is -0.137. The zero-order valence-corrected chi connectivity index (χ0v) is 16.4. The summed E-state index contributed by atoms with van der Waals surface area (Å²) < 4.78 is 30.7. The zero-order valence-electron chi connectivity index (χ0n) is 16.4. The molecule has 0 radical (unpaired) electrons. The molecule has 146 valence electrons. The fourth-order valence-electron chi connectivity index (χ4n) is 4.01. The van der Waals surface area contributed by atoms with Crippen LogP contribution in [0.3, 0.4) is 0 Å². The Labute approximate surface area is 158 Å². The van der Waals surface area contributed by atoms with Gasteiger partial charge in [-0.25, -0.2) is 13.8 Å². The second-order valence-electron chi connectivity index (χ2n) is 7.84. The molecule has 1 aromatic heterocycles. The average molecular weight is 376 g/mol. The van der Waals surface area contributed by atoms with E-state index in [-0.39, 0.29) is 23.9 Å². The van der Waals surface area contributed by atoms with Crippen molar-refractivity contribution in [2.24, 2.45) is 5.73 Å². The Morgan fingerprint density at radius 3 is 2.56 bits per heavy atom. The molecular formula is C20H26F2N4O. The quantitative estimate of drug-likeness (QED) is 0.894. The van der Waals surface area contributed by atoms with E-state index in [1.807, 2.05) is 32.3 Å². The molecule has 2 N–H and O–H groups in total. The number of fused-ring (bicyclic) bond motifs is 1. The number of carbonyl (C=O) groups excluding carboxylic acids is 1. The van der Waals surface area contributed by atoms with E-state index in [1.54, 1.807) is 17.9 Å². The molecule has 0 fully saturated rings. The number of benzene rings is 1. The molecule has 0 bridgehead atoms. The molecule has 0 aliphatic carbocycles.